The Morgan fingerprint density at radius 3 is 3.00 bits per heavy atom. The third-order valence-electron chi connectivity index (χ3n) is 2.55. The molecular weight excluding hydrogens is 276 g/mol. The number of H-pyrrole nitrogens is 1. The van der Waals surface area contributed by atoms with Crippen LogP contribution in [0.3, 0.4) is 0 Å². The van der Waals surface area contributed by atoms with Crippen molar-refractivity contribution in [3.63, 3.8) is 0 Å². The number of carbonyl (C=O) groups excluding carboxylic acids is 1. The molecule has 2 aromatic rings. The molecule has 6 heteroatoms. The molecule has 0 fully saturated rings. The van der Waals surface area contributed by atoms with Gasteiger partial charge in [0.25, 0.3) is 5.91 Å². The lowest BCUT2D eigenvalue weighted by molar-refractivity contribution is 0.0950. The second kappa shape index (κ2) is 6.75. The first-order valence-electron chi connectivity index (χ1n) is 5.94. The van der Waals surface area contributed by atoms with Crippen molar-refractivity contribution in [3.05, 3.63) is 52.6 Å². The van der Waals surface area contributed by atoms with Gasteiger partial charge in [0, 0.05) is 17.3 Å². The van der Waals surface area contributed by atoms with Crippen LogP contribution in [0.25, 0.3) is 0 Å². The molecule has 0 radical (unpaired) electrons. The van der Waals surface area contributed by atoms with Gasteiger partial charge in [0.05, 0.1) is 30.1 Å². The maximum atomic E-state index is 12.0. The van der Waals surface area contributed by atoms with E-state index in [2.05, 4.69) is 27.1 Å². The molecule has 0 atom stereocenters. The van der Waals surface area contributed by atoms with E-state index in [1.807, 2.05) is 0 Å². The average Bonchev–Trinajstić information content (AvgIpc) is 2.96. The first-order valence-corrected chi connectivity index (χ1v) is 6.32. The predicted octanol–water partition coefficient (Wildman–Crippen LogP) is 1.30. The van der Waals surface area contributed by atoms with Crippen LogP contribution in [-0.2, 0) is 6.54 Å². The summed E-state index contributed by atoms with van der Waals surface area (Å²) in [5.74, 6) is 5.35. The molecule has 0 unspecified atom stereocenters. The van der Waals surface area contributed by atoms with Crippen LogP contribution in [-0.4, -0.2) is 22.4 Å². The van der Waals surface area contributed by atoms with Crippen molar-refractivity contribution in [2.75, 3.05) is 6.54 Å². The molecule has 4 N–H and O–H groups in total. The van der Waals surface area contributed by atoms with Crippen LogP contribution in [0.2, 0.25) is 5.02 Å². The molecular formula is C14H13ClN4O. The minimum Gasteiger partial charge on any atom is -0.347 e. The number of aromatic nitrogens is 2. The minimum atomic E-state index is -0.208. The summed E-state index contributed by atoms with van der Waals surface area (Å²) in [6.07, 6.45) is 3.21. The van der Waals surface area contributed by atoms with Crippen LogP contribution in [0.1, 0.15) is 21.6 Å². The summed E-state index contributed by atoms with van der Waals surface area (Å²) in [5.41, 5.74) is 7.26. The Hall–Kier alpha value is -2.29. The Labute approximate surface area is 121 Å². The van der Waals surface area contributed by atoms with Gasteiger partial charge >= 0.3 is 0 Å². The van der Waals surface area contributed by atoms with Crippen LogP contribution in [0.5, 0.6) is 0 Å². The van der Waals surface area contributed by atoms with Gasteiger partial charge in [0.2, 0.25) is 0 Å². The Morgan fingerprint density at radius 2 is 2.35 bits per heavy atom. The smallest absolute Gasteiger partial charge is 0.251 e. The molecule has 2 rings (SSSR count). The first kappa shape index (κ1) is 14.1. The summed E-state index contributed by atoms with van der Waals surface area (Å²) < 4.78 is 0. The zero-order valence-electron chi connectivity index (χ0n) is 10.6. The zero-order chi connectivity index (χ0) is 14.4. The summed E-state index contributed by atoms with van der Waals surface area (Å²) >= 11 is 6.07. The third-order valence-corrected chi connectivity index (χ3v) is 2.86. The highest BCUT2D eigenvalue weighted by molar-refractivity contribution is 6.32. The van der Waals surface area contributed by atoms with Crippen molar-refractivity contribution < 1.29 is 4.79 Å². The number of benzene rings is 1. The fourth-order valence-electron chi connectivity index (χ4n) is 1.56. The first-order chi connectivity index (χ1) is 9.70. The lowest BCUT2D eigenvalue weighted by Gasteiger charge is -2.05. The molecule has 0 aliphatic carbocycles. The molecule has 0 bridgehead atoms. The van der Waals surface area contributed by atoms with E-state index in [4.69, 9.17) is 17.3 Å². The maximum absolute atomic E-state index is 12.0. The number of amides is 1. The third kappa shape index (κ3) is 3.60. The summed E-state index contributed by atoms with van der Waals surface area (Å²) in [6, 6.07) is 4.97. The van der Waals surface area contributed by atoms with Crippen LogP contribution in [0.4, 0.5) is 0 Å². The summed E-state index contributed by atoms with van der Waals surface area (Å²) in [7, 11) is 0. The molecule has 1 amide bonds. The number of hydrogen-bond donors (Lipinski definition) is 3. The van der Waals surface area contributed by atoms with E-state index in [1.165, 1.54) is 0 Å². The topological polar surface area (TPSA) is 83.8 Å². The molecule has 0 aliphatic heterocycles. The van der Waals surface area contributed by atoms with E-state index in [0.717, 1.165) is 5.69 Å². The van der Waals surface area contributed by atoms with Gasteiger partial charge in [-0.3, -0.25) is 4.79 Å². The summed E-state index contributed by atoms with van der Waals surface area (Å²) in [6.45, 7) is 0.647. The molecule has 1 aromatic carbocycles. The number of halogens is 1. The Bertz CT molecular complexity index is 656. The molecule has 20 heavy (non-hydrogen) atoms. The number of aromatic amines is 1. The fourth-order valence-corrected chi connectivity index (χ4v) is 1.79. The zero-order valence-corrected chi connectivity index (χ0v) is 11.4. The average molecular weight is 289 g/mol. The molecule has 5 nitrogen and oxygen atoms in total. The Balaban J connectivity index is 2.05. The normalized spacial score (nSPS) is 9.70. The Kier molecular flexibility index (Phi) is 4.77. The largest absolute Gasteiger partial charge is 0.347 e. The highest BCUT2D eigenvalue weighted by Gasteiger charge is 2.08. The molecule has 0 saturated heterocycles. The van der Waals surface area contributed by atoms with E-state index in [0.29, 0.717) is 22.7 Å². The lowest BCUT2D eigenvalue weighted by atomic mass is 10.1. The van der Waals surface area contributed by atoms with Crippen LogP contribution >= 0.6 is 11.6 Å². The van der Waals surface area contributed by atoms with Gasteiger partial charge in [-0.15, -0.1) is 0 Å². The second-order valence-corrected chi connectivity index (χ2v) is 4.37. The van der Waals surface area contributed by atoms with Gasteiger partial charge in [0.1, 0.15) is 0 Å². The van der Waals surface area contributed by atoms with Crippen molar-refractivity contribution in [2.45, 2.75) is 6.54 Å². The molecule has 0 aliphatic rings. The standard InChI is InChI=1S/C14H13ClN4O/c15-13-6-11(4-3-10(13)2-1-5-16)14(20)18-8-12-7-17-9-19-12/h3-4,6-7,9H,5,8,16H2,(H,17,19)(H,18,20). The second-order valence-electron chi connectivity index (χ2n) is 3.96. The quantitative estimate of drug-likeness (QED) is 0.745. The van der Waals surface area contributed by atoms with Gasteiger partial charge in [-0.2, -0.15) is 0 Å². The maximum Gasteiger partial charge on any atom is 0.251 e. The van der Waals surface area contributed by atoms with Crippen molar-refractivity contribution >= 4 is 17.5 Å². The van der Waals surface area contributed by atoms with Crippen molar-refractivity contribution in [2.24, 2.45) is 5.73 Å². The fraction of sp³-hybridized carbons (Fsp3) is 0.143. The number of hydrogen-bond acceptors (Lipinski definition) is 3. The molecule has 102 valence electrons. The number of rotatable bonds is 3. The molecule has 1 aromatic heterocycles. The molecule has 0 spiro atoms. The van der Waals surface area contributed by atoms with Gasteiger partial charge in [-0.05, 0) is 18.2 Å². The molecule has 0 saturated carbocycles. The summed E-state index contributed by atoms with van der Waals surface area (Å²) in [5, 5.41) is 3.20. The number of nitrogens with zero attached hydrogens (tertiary/aromatic N) is 1. The van der Waals surface area contributed by atoms with Gasteiger partial charge < -0.3 is 16.0 Å². The van der Waals surface area contributed by atoms with Crippen LogP contribution in [0, 0.1) is 11.8 Å². The van der Waals surface area contributed by atoms with Crippen LogP contribution < -0.4 is 11.1 Å². The van der Waals surface area contributed by atoms with E-state index in [1.54, 1.807) is 30.7 Å². The van der Waals surface area contributed by atoms with Gasteiger partial charge in [-0.1, -0.05) is 23.4 Å². The van der Waals surface area contributed by atoms with E-state index in [9.17, 15) is 4.79 Å². The number of carbonyl (C=O) groups is 1. The number of nitrogens with one attached hydrogen (secondary N) is 2. The number of imidazole rings is 1. The highest BCUT2D eigenvalue weighted by Crippen LogP contribution is 2.17. The van der Waals surface area contributed by atoms with Gasteiger partial charge in [-0.25, -0.2) is 4.98 Å². The van der Waals surface area contributed by atoms with Crippen LogP contribution in [0.15, 0.2) is 30.7 Å². The Morgan fingerprint density at radius 1 is 1.50 bits per heavy atom. The number of nitrogens with two attached hydrogens (primary N) is 1. The van der Waals surface area contributed by atoms with E-state index >= 15 is 0 Å². The minimum absolute atomic E-state index is 0.208. The molecule has 1 heterocycles. The summed E-state index contributed by atoms with van der Waals surface area (Å²) in [4.78, 5) is 18.7. The SMILES string of the molecule is NCC#Cc1ccc(C(=O)NCc2cnc[nH]2)cc1Cl. The predicted molar refractivity (Wildman–Crippen MR) is 77.1 cm³/mol. The van der Waals surface area contributed by atoms with E-state index < -0.39 is 0 Å². The lowest BCUT2D eigenvalue weighted by Crippen LogP contribution is -2.22. The van der Waals surface area contributed by atoms with Gasteiger partial charge in [0.15, 0.2) is 0 Å². The van der Waals surface area contributed by atoms with Crippen molar-refractivity contribution in [3.8, 4) is 11.8 Å². The monoisotopic (exact) mass is 288 g/mol. The van der Waals surface area contributed by atoms with Crippen molar-refractivity contribution in [1.29, 1.82) is 0 Å². The highest BCUT2D eigenvalue weighted by atomic mass is 35.5. The van der Waals surface area contributed by atoms with E-state index in [-0.39, 0.29) is 12.5 Å². The van der Waals surface area contributed by atoms with Crippen molar-refractivity contribution in [1.82, 2.24) is 15.3 Å².